The van der Waals surface area contributed by atoms with Gasteiger partial charge in [-0.1, -0.05) is 48.5 Å². The largest absolute Gasteiger partial charge is 0.480 e. The van der Waals surface area contributed by atoms with Crippen molar-refractivity contribution < 1.29 is 24.2 Å². The van der Waals surface area contributed by atoms with Crippen molar-refractivity contribution >= 4 is 29.7 Å². The normalized spacial score (nSPS) is 17.2. The molecule has 1 atom stereocenters. The van der Waals surface area contributed by atoms with E-state index in [1.54, 1.807) is 0 Å². The van der Waals surface area contributed by atoms with Gasteiger partial charge in [-0.15, -0.1) is 11.8 Å². The van der Waals surface area contributed by atoms with Gasteiger partial charge in [0.05, 0.1) is 5.88 Å². The maximum atomic E-state index is 12.2. The number of alkyl carbamates (subject to hydrolysis) is 1. The highest BCUT2D eigenvalue weighted by atomic mass is 32.2. The monoisotopic (exact) mass is 440 g/mol. The standard InChI is InChI=1S/C23H24N2O5S/c26-21(25-14-31-13-20(25)22(27)28)10-5-11-24-23(29)30-12-19-17-8-3-1-6-15(17)16-7-2-4-9-18(16)19/h1-4,6-9,19-20H,5,10-14H2,(H,24,29)(H,27,28). The lowest BCUT2D eigenvalue weighted by Crippen LogP contribution is -2.41. The summed E-state index contributed by atoms with van der Waals surface area (Å²) in [6.45, 7) is 0.533. The van der Waals surface area contributed by atoms with Crippen molar-refractivity contribution in [2.45, 2.75) is 24.8 Å². The summed E-state index contributed by atoms with van der Waals surface area (Å²) in [5.41, 5.74) is 4.65. The quantitative estimate of drug-likeness (QED) is 0.642. The Kier molecular flexibility index (Phi) is 6.46. The molecule has 0 radical (unpaired) electrons. The van der Waals surface area contributed by atoms with E-state index in [0.29, 0.717) is 24.6 Å². The molecule has 0 aromatic heterocycles. The van der Waals surface area contributed by atoms with Crippen LogP contribution in [0.15, 0.2) is 48.5 Å². The average molecular weight is 441 g/mol. The van der Waals surface area contributed by atoms with Gasteiger partial charge in [-0.25, -0.2) is 9.59 Å². The number of ether oxygens (including phenoxy) is 1. The number of thioether (sulfide) groups is 1. The van der Waals surface area contributed by atoms with E-state index < -0.39 is 18.1 Å². The van der Waals surface area contributed by atoms with Crippen molar-refractivity contribution in [2.24, 2.45) is 0 Å². The van der Waals surface area contributed by atoms with Gasteiger partial charge in [-0.05, 0) is 28.7 Å². The number of nitrogens with zero attached hydrogens (tertiary/aromatic N) is 1. The lowest BCUT2D eigenvalue weighted by Gasteiger charge is -2.20. The second-order valence-corrected chi connectivity index (χ2v) is 8.57. The highest BCUT2D eigenvalue weighted by Gasteiger charge is 2.34. The highest BCUT2D eigenvalue weighted by molar-refractivity contribution is 7.99. The molecule has 162 valence electrons. The maximum absolute atomic E-state index is 12.2. The minimum Gasteiger partial charge on any atom is -0.480 e. The number of carboxylic acids is 1. The summed E-state index contributed by atoms with van der Waals surface area (Å²) in [5.74, 6) is -0.364. The zero-order chi connectivity index (χ0) is 21.8. The number of rotatable bonds is 7. The van der Waals surface area contributed by atoms with E-state index in [2.05, 4.69) is 29.6 Å². The van der Waals surface area contributed by atoms with Crippen LogP contribution in [0.2, 0.25) is 0 Å². The maximum Gasteiger partial charge on any atom is 0.407 e. The van der Waals surface area contributed by atoms with Crippen LogP contribution in [0.25, 0.3) is 11.1 Å². The molecule has 2 amide bonds. The van der Waals surface area contributed by atoms with Crippen LogP contribution < -0.4 is 5.32 Å². The van der Waals surface area contributed by atoms with E-state index in [4.69, 9.17) is 9.84 Å². The fraction of sp³-hybridized carbons (Fsp3) is 0.348. The zero-order valence-corrected chi connectivity index (χ0v) is 17.8. The number of hydrogen-bond acceptors (Lipinski definition) is 5. The summed E-state index contributed by atoms with van der Waals surface area (Å²) in [4.78, 5) is 37.0. The second kappa shape index (κ2) is 9.43. The molecule has 1 aliphatic heterocycles. The predicted octanol–water partition coefficient (Wildman–Crippen LogP) is 3.29. The molecular weight excluding hydrogens is 416 g/mol. The third kappa shape index (κ3) is 4.54. The number of carbonyl (C=O) groups excluding carboxylic acids is 2. The molecule has 0 saturated carbocycles. The Balaban J connectivity index is 1.23. The van der Waals surface area contributed by atoms with Crippen LogP contribution in [0.5, 0.6) is 0 Å². The molecule has 0 bridgehead atoms. The molecule has 8 heteroatoms. The van der Waals surface area contributed by atoms with E-state index in [-0.39, 0.29) is 24.9 Å². The Bertz CT molecular complexity index is 950. The van der Waals surface area contributed by atoms with E-state index >= 15 is 0 Å². The minimum atomic E-state index is -0.977. The fourth-order valence-corrected chi connectivity index (χ4v) is 5.29. The van der Waals surface area contributed by atoms with Crippen LogP contribution in [0.4, 0.5) is 4.79 Å². The number of carbonyl (C=O) groups is 3. The van der Waals surface area contributed by atoms with Gasteiger partial charge in [0.1, 0.15) is 12.6 Å². The first-order valence-electron chi connectivity index (χ1n) is 10.2. The lowest BCUT2D eigenvalue weighted by molar-refractivity contribution is -0.147. The molecule has 2 N–H and O–H groups in total. The third-order valence-electron chi connectivity index (χ3n) is 5.67. The number of carboxylic acid groups (broad SMARTS) is 1. The van der Waals surface area contributed by atoms with E-state index in [9.17, 15) is 14.4 Å². The third-order valence-corrected chi connectivity index (χ3v) is 6.68. The summed E-state index contributed by atoms with van der Waals surface area (Å²) in [7, 11) is 0. The topological polar surface area (TPSA) is 95.9 Å². The Morgan fingerprint density at radius 2 is 1.71 bits per heavy atom. The van der Waals surface area contributed by atoms with E-state index in [0.717, 1.165) is 11.1 Å². The Morgan fingerprint density at radius 3 is 2.35 bits per heavy atom. The van der Waals surface area contributed by atoms with Crippen LogP contribution in [0, 0.1) is 0 Å². The van der Waals surface area contributed by atoms with Gasteiger partial charge in [0, 0.05) is 24.6 Å². The molecule has 2 aliphatic rings. The van der Waals surface area contributed by atoms with Gasteiger partial charge in [-0.2, -0.15) is 0 Å². The SMILES string of the molecule is O=C(NCCCC(=O)N1CSCC1C(=O)O)OCC1c2ccccc2-c2ccccc21. The van der Waals surface area contributed by atoms with Crippen molar-refractivity contribution in [1.82, 2.24) is 10.2 Å². The predicted molar refractivity (Wildman–Crippen MR) is 118 cm³/mol. The first-order valence-corrected chi connectivity index (χ1v) is 11.4. The number of amides is 2. The number of aliphatic carboxylic acids is 1. The number of hydrogen-bond donors (Lipinski definition) is 2. The molecule has 1 aliphatic carbocycles. The summed E-state index contributed by atoms with van der Waals surface area (Å²) >= 11 is 1.43. The van der Waals surface area contributed by atoms with Crippen molar-refractivity contribution in [1.29, 1.82) is 0 Å². The zero-order valence-electron chi connectivity index (χ0n) is 17.0. The van der Waals surface area contributed by atoms with Crippen LogP contribution in [0.1, 0.15) is 29.9 Å². The molecule has 1 saturated heterocycles. The lowest BCUT2D eigenvalue weighted by atomic mass is 9.98. The van der Waals surface area contributed by atoms with Crippen LogP contribution in [-0.4, -0.2) is 58.8 Å². The summed E-state index contributed by atoms with van der Waals surface area (Å²) in [6.07, 6.45) is 0.0966. The molecule has 1 unspecified atom stereocenters. The van der Waals surface area contributed by atoms with Gasteiger partial charge >= 0.3 is 12.1 Å². The summed E-state index contributed by atoms with van der Waals surface area (Å²) in [5, 5.41) is 11.8. The van der Waals surface area contributed by atoms with Gasteiger partial charge in [0.25, 0.3) is 0 Å². The van der Waals surface area contributed by atoms with E-state index in [1.807, 2.05) is 24.3 Å². The molecule has 31 heavy (non-hydrogen) atoms. The van der Waals surface area contributed by atoms with Crippen LogP contribution in [0.3, 0.4) is 0 Å². The molecule has 1 heterocycles. The Labute approximate surface area is 184 Å². The van der Waals surface area contributed by atoms with Crippen molar-refractivity contribution in [2.75, 3.05) is 24.8 Å². The van der Waals surface area contributed by atoms with Crippen molar-refractivity contribution in [3.63, 3.8) is 0 Å². The average Bonchev–Trinajstić information content (AvgIpc) is 3.39. The molecule has 2 aromatic carbocycles. The number of nitrogens with one attached hydrogen (secondary N) is 1. The Hall–Kier alpha value is -3.00. The molecule has 2 aromatic rings. The second-order valence-electron chi connectivity index (χ2n) is 7.57. The van der Waals surface area contributed by atoms with Crippen molar-refractivity contribution in [3.05, 3.63) is 59.7 Å². The fourth-order valence-electron chi connectivity index (χ4n) is 4.12. The smallest absolute Gasteiger partial charge is 0.407 e. The van der Waals surface area contributed by atoms with Gasteiger partial charge in [0.15, 0.2) is 0 Å². The number of benzene rings is 2. The molecule has 7 nitrogen and oxygen atoms in total. The van der Waals surface area contributed by atoms with E-state index in [1.165, 1.54) is 27.8 Å². The van der Waals surface area contributed by atoms with Crippen molar-refractivity contribution in [3.8, 4) is 11.1 Å². The first-order chi connectivity index (χ1) is 15.1. The van der Waals surface area contributed by atoms with Crippen LogP contribution in [-0.2, 0) is 14.3 Å². The summed E-state index contributed by atoms with van der Waals surface area (Å²) < 4.78 is 5.47. The molecule has 4 rings (SSSR count). The molecular formula is C23H24N2O5S. The van der Waals surface area contributed by atoms with Gasteiger partial charge < -0.3 is 20.1 Å². The first kappa shape index (κ1) is 21.2. The van der Waals surface area contributed by atoms with Gasteiger partial charge in [-0.3, -0.25) is 4.79 Å². The van der Waals surface area contributed by atoms with Crippen LogP contribution >= 0.6 is 11.8 Å². The molecule has 1 fully saturated rings. The number of fused-ring (bicyclic) bond motifs is 3. The summed E-state index contributed by atoms with van der Waals surface area (Å²) in [6, 6.07) is 15.5. The van der Waals surface area contributed by atoms with Gasteiger partial charge in [0.2, 0.25) is 5.91 Å². The minimum absolute atomic E-state index is 0.000321. The molecule has 0 spiro atoms. The Morgan fingerprint density at radius 1 is 1.06 bits per heavy atom. The highest BCUT2D eigenvalue weighted by Crippen LogP contribution is 2.44.